The van der Waals surface area contributed by atoms with E-state index in [1.807, 2.05) is 12.3 Å². The summed E-state index contributed by atoms with van der Waals surface area (Å²) in [6, 6.07) is 4.16. The minimum absolute atomic E-state index is 0.0624. The normalized spacial score (nSPS) is 25.9. The molecule has 1 aromatic rings. The molecule has 2 aliphatic rings. The Bertz CT molecular complexity index is 464. The summed E-state index contributed by atoms with van der Waals surface area (Å²) in [5.74, 6) is 0.981. The van der Waals surface area contributed by atoms with Gasteiger partial charge in [0.2, 0.25) is 0 Å². The average molecular weight is 258 g/mol. The maximum absolute atomic E-state index is 12.5. The topological polar surface area (TPSA) is 33.2 Å². The molecule has 0 saturated carbocycles. The van der Waals surface area contributed by atoms with Crippen molar-refractivity contribution in [3.63, 3.8) is 0 Å². The molecule has 3 nitrogen and oxygen atoms in total. The highest BCUT2D eigenvalue weighted by Gasteiger charge is 2.35. The molecular formula is C16H22N2O. The summed E-state index contributed by atoms with van der Waals surface area (Å²) >= 11 is 0. The summed E-state index contributed by atoms with van der Waals surface area (Å²) in [6.45, 7) is 2.22. The van der Waals surface area contributed by atoms with Crippen LogP contribution in [0.15, 0.2) is 18.3 Å². The van der Waals surface area contributed by atoms with E-state index < -0.39 is 0 Å². The van der Waals surface area contributed by atoms with Crippen LogP contribution in [0.3, 0.4) is 0 Å². The third-order valence-corrected chi connectivity index (χ3v) is 4.67. The van der Waals surface area contributed by atoms with Crippen molar-refractivity contribution < 1.29 is 4.79 Å². The number of Topliss-reactive ketones (excluding diaryl/α,β-unsaturated/α-hetero) is 1. The van der Waals surface area contributed by atoms with Gasteiger partial charge < -0.3 is 4.90 Å². The number of hydrogen-bond acceptors (Lipinski definition) is 3. The third-order valence-electron chi connectivity index (χ3n) is 4.67. The highest BCUT2D eigenvalue weighted by molar-refractivity contribution is 5.86. The van der Waals surface area contributed by atoms with Crippen LogP contribution in [0.2, 0.25) is 0 Å². The van der Waals surface area contributed by atoms with E-state index in [9.17, 15) is 4.79 Å². The molecule has 3 heteroatoms. The Morgan fingerprint density at radius 3 is 2.84 bits per heavy atom. The molecule has 0 radical (unpaired) electrons. The number of fused-ring (bicyclic) bond motifs is 1. The number of hydrogen-bond donors (Lipinski definition) is 0. The molecule has 0 bridgehead atoms. The van der Waals surface area contributed by atoms with Gasteiger partial charge in [-0.2, -0.15) is 0 Å². The second kappa shape index (κ2) is 5.41. The molecule has 0 spiro atoms. The van der Waals surface area contributed by atoms with E-state index in [1.165, 1.54) is 5.56 Å². The van der Waals surface area contributed by atoms with Crippen LogP contribution in [0.4, 0.5) is 0 Å². The van der Waals surface area contributed by atoms with Crippen LogP contribution < -0.4 is 0 Å². The van der Waals surface area contributed by atoms with Crippen molar-refractivity contribution in [3.05, 3.63) is 29.6 Å². The van der Waals surface area contributed by atoms with Gasteiger partial charge in [-0.05, 0) is 63.4 Å². The molecule has 0 amide bonds. The van der Waals surface area contributed by atoms with Gasteiger partial charge in [0.1, 0.15) is 5.78 Å². The molecule has 3 rings (SSSR count). The Morgan fingerprint density at radius 2 is 2.05 bits per heavy atom. The number of likely N-dealkylation sites (tertiary alicyclic amines) is 1. The van der Waals surface area contributed by atoms with Crippen molar-refractivity contribution >= 4 is 5.78 Å². The zero-order valence-electron chi connectivity index (χ0n) is 11.6. The van der Waals surface area contributed by atoms with Crippen molar-refractivity contribution in [2.45, 2.75) is 38.0 Å². The Labute approximate surface area is 115 Å². The van der Waals surface area contributed by atoms with E-state index in [-0.39, 0.29) is 5.92 Å². The number of aryl methyl sites for hydroxylation is 1. The van der Waals surface area contributed by atoms with E-state index in [2.05, 4.69) is 23.0 Å². The molecule has 1 saturated heterocycles. The number of piperidine rings is 1. The van der Waals surface area contributed by atoms with Crippen LogP contribution >= 0.6 is 0 Å². The summed E-state index contributed by atoms with van der Waals surface area (Å²) < 4.78 is 0. The second-order valence-electron chi connectivity index (χ2n) is 5.99. The Balaban J connectivity index is 1.91. The van der Waals surface area contributed by atoms with Gasteiger partial charge in [0.05, 0.1) is 11.6 Å². The van der Waals surface area contributed by atoms with Crippen LogP contribution in [0.25, 0.3) is 0 Å². The van der Waals surface area contributed by atoms with Gasteiger partial charge in [-0.15, -0.1) is 0 Å². The fraction of sp³-hybridized carbons (Fsp3) is 0.625. The van der Waals surface area contributed by atoms with Crippen LogP contribution in [0.1, 0.15) is 42.9 Å². The second-order valence-corrected chi connectivity index (χ2v) is 5.99. The van der Waals surface area contributed by atoms with Gasteiger partial charge in [-0.1, -0.05) is 6.07 Å². The van der Waals surface area contributed by atoms with Gasteiger partial charge in [-0.25, -0.2) is 0 Å². The highest BCUT2D eigenvalue weighted by Crippen LogP contribution is 2.37. The number of carbonyl (C=O) groups is 1. The monoisotopic (exact) mass is 258 g/mol. The minimum Gasteiger partial charge on any atom is -0.306 e. The summed E-state index contributed by atoms with van der Waals surface area (Å²) in [4.78, 5) is 19.4. The molecule has 2 heterocycles. The summed E-state index contributed by atoms with van der Waals surface area (Å²) in [5.41, 5.74) is 2.39. The highest BCUT2D eigenvalue weighted by atomic mass is 16.1. The molecule has 102 valence electrons. The first-order valence-corrected chi connectivity index (χ1v) is 7.41. The van der Waals surface area contributed by atoms with E-state index in [4.69, 9.17) is 0 Å². The molecule has 1 fully saturated rings. The lowest BCUT2D eigenvalue weighted by Crippen LogP contribution is -2.35. The van der Waals surface area contributed by atoms with Crippen LogP contribution in [0.5, 0.6) is 0 Å². The predicted octanol–water partition coefficient (Wildman–Crippen LogP) is 2.41. The van der Waals surface area contributed by atoms with Crippen LogP contribution in [0, 0.1) is 5.92 Å². The molecule has 1 unspecified atom stereocenters. The number of nitrogens with zero attached hydrogens (tertiary/aromatic N) is 2. The van der Waals surface area contributed by atoms with Crippen LogP contribution in [-0.2, 0) is 11.2 Å². The lowest BCUT2D eigenvalue weighted by Gasteiger charge is -2.33. The van der Waals surface area contributed by atoms with E-state index in [0.29, 0.717) is 11.7 Å². The first kappa shape index (κ1) is 12.8. The maximum atomic E-state index is 12.5. The van der Waals surface area contributed by atoms with E-state index in [1.54, 1.807) is 0 Å². The van der Waals surface area contributed by atoms with Crippen molar-refractivity contribution in [3.8, 4) is 0 Å². The Hall–Kier alpha value is -1.22. The average Bonchev–Trinajstić information content (AvgIpc) is 2.58. The van der Waals surface area contributed by atoms with E-state index >= 15 is 0 Å². The van der Waals surface area contributed by atoms with Crippen molar-refractivity contribution in [1.82, 2.24) is 9.88 Å². The molecule has 1 aliphatic heterocycles. The van der Waals surface area contributed by atoms with Gasteiger partial charge in [0.15, 0.2) is 0 Å². The van der Waals surface area contributed by atoms with Gasteiger partial charge in [0.25, 0.3) is 0 Å². The smallest absolute Gasteiger partial charge is 0.142 e. The zero-order valence-corrected chi connectivity index (χ0v) is 11.6. The summed E-state index contributed by atoms with van der Waals surface area (Å²) in [6.07, 6.45) is 6.83. The fourth-order valence-electron chi connectivity index (χ4n) is 3.55. The van der Waals surface area contributed by atoms with Crippen molar-refractivity contribution in [1.29, 1.82) is 0 Å². The molecule has 1 aliphatic carbocycles. The van der Waals surface area contributed by atoms with Gasteiger partial charge in [-0.3, -0.25) is 9.78 Å². The molecular weight excluding hydrogens is 236 g/mol. The van der Waals surface area contributed by atoms with Gasteiger partial charge >= 0.3 is 0 Å². The first-order valence-electron chi connectivity index (χ1n) is 7.41. The number of ketones is 1. The summed E-state index contributed by atoms with van der Waals surface area (Å²) in [7, 11) is 2.16. The Morgan fingerprint density at radius 1 is 1.26 bits per heavy atom. The first-order chi connectivity index (χ1) is 9.25. The van der Waals surface area contributed by atoms with Gasteiger partial charge in [0, 0.05) is 12.6 Å². The maximum Gasteiger partial charge on any atom is 0.142 e. The lowest BCUT2D eigenvalue weighted by atomic mass is 9.78. The third kappa shape index (κ3) is 2.57. The van der Waals surface area contributed by atoms with E-state index in [0.717, 1.165) is 50.9 Å². The Kier molecular flexibility index (Phi) is 3.65. The van der Waals surface area contributed by atoms with Crippen molar-refractivity contribution in [2.75, 3.05) is 20.1 Å². The number of pyridine rings is 1. The van der Waals surface area contributed by atoms with Crippen LogP contribution in [-0.4, -0.2) is 35.8 Å². The largest absolute Gasteiger partial charge is 0.306 e. The number of aromatic nitrogens is 1. The zero-order chi connectivity index (χ0) is 13.2. The lowest BCUT2D eigenvalue weighted by molar-refractivity contribution is -0.122. The molecule has 19 heavy (non-hydrogen) atoms. The number of rotatable bonds is 1. The molecule has 0 N–H and O–H groups in total. The predicted molar refractivity (Wildman–Crippen MR) is 75.1 cm³/mol. The van der Waals surface area contributed by atoms with Crippen molar-refractivity contribution in [2.24, 2.45) is 5.92 Å². The minimum atomic E-state index is 0.0624. The molecule has 0 aromatic carbocycles. The molecule has 1 aromatic heterocycles. The SMILES string of the molecule is CN1CCC(C2C(=O)CCCc3cccnc32)CC1. The standard InChI is InChI=1S/C16H22N2O/c1-18-10-7-12(8-11-18)15-14(19)6-2-4-13-5-3-9-17-16(13)15/h3,5,9,12,15H,2,4,6-8,10-11H2,1H3. The molecule has 1 atom stereocenters. The number of carbonyl (C=O) groups excluding carboxylic acids is 1. The summed E-state index contributed by atoms with van der Waals surface area (Å²) in [5, 5.41) is 0. The fourth-order valence-corrected chi connectivity index (χ4v) is 3.55. The quantitative estimate of drug-likeness (QED) is 0.725.